The van der Waals surface area contributed by atoms with Gasteiger partial charge < -0.3 is 10.6 Å². The van der Waals surface area contributed by atoms with Gasteiger partial charge in [-0.3, -0.25) is 4.79 Å². The van der Waals surface area contributed by atoms with Gasteiger partial charge in [0.2, 0.25) is 0 Å². The van der Waals surface area contributed by atoms with Gasteiger partial charge in [0.1, 0.15) is 0 Å². The molecule has 0 unspecified atom stereocenters. The fourth-order valence-electron chi connectivity index (χ4n) is 1.91. The third-order valence-electron chi connectivity index (χ3n) is 3.11. The van der Waals surface area contributed by atoms with Crippen LogP contribution in [-0.4, -0.2) is 29.9 Å². The van der Waals surface area contributed by atoms with E-state index in [1.807, 2.05) is 18.0 Å². The summed E-state index contributed by atoms with van der Waals surface area (Å²) in [7, 11) is 1.86. The minimum atomic E-state index is -0.201. The van der Waals surface area contributed by atoms with Gasteiger partial charge in [0.25, 0.3) is 5.56 Å². The quantitative estimate of drug-likeness (QED) is 0.912. The Kier molecular flexibility index (Phi) is 5.22. The average Bonchev–Trinajstić information content (AvgIpc) is 2.46. The molecule has 0 radical (unpaired) electrons. The maximum atomic E-state index is 12.1. The molecular formula is C14H16Cl2N4O. The van der Waals surface area contributed by atoms with E-state index in [4.69, 9.17) is 28.9 Å². The molecule has 0 aliphatic rings. The molecule has 0 atom stereocenters. The van der Waals surface area contributed by atoms with Crippen LogP contribution in [0.5, 0.6) is 0 Å². The first-order valence-electron chi connectivity index (χ1n) is 6.44. The van der Waals surface area contributed by atoms with Crippen LogP contribution in [0.4, 0.5) is 5.69 Å². The van der Waals surface area contributed by atoms with Crippen molar-refractivity contribution in [1.29, 1.82) is 0 Å². The number of aromatic nitrogens is 2. The van der Waals surface area contributed by atoms with E-state index in [1.165, 1.54) is 10.7 Å². The zero-order valence-electron chi connectivity index (χ0n) is 11.6. The summed E-state index contributed by atoms with van der Waals surface area (Å²) in [6, 6.07) is 6.84. The molecule has 0 saturated carbocycles. The Morgan fingerprint density at radius 2 is 2.14 bits per heavy atom. The number of nitrogens with zero attached hydrogens (tertiary/aromatic N) is 3. The van der Waals surface area contributed by atoms with Gasteiger partial charge in [0.05, 0.1) is 28.5 Å². The van der Waals surface area contributed by atoms with E-state index in [2.05, 4.69) is 5.10 Å². The highest BCUT2D eigenvalue weighted by atomic mass is 35.5. The van der Waals surface area contributed by atoms with E-state index in [-0.39, 0.29) is 12.1 Å². The van der Waals surface area contributed by atoms with Gasteiger partial charge in [-0.05, 0) is 11.6 Å². The molecule has 2 N–H and O–H groups in total. The summed E-state index contributed by atoms with van der Waals surface area (Å²) in [6.07, 6.45) is 1.63. The second kappa shape index (κ2) is 6.93. The molecule has 0 amide bonds. The fourth-order valence-corrected chi connectivity index (χ4v) is 2.29. The van der Waals surface area contributed by atoms with Crippen LogP contribution in [0.1, 0.15) is 5.56 Å². The van der Waals surface area contributed by atoms with Crippen molar-refractivity contribution in [3.8, 4) is 0 Å². The van der Waals surface area contributed by atoms with E-state index < -0.39 is 0 Å². The molecule has 1 aromatic heterocycles. The fraction of sp³-hybridized carbons (Fsp3) is 0.286. The molecule has 2 aromatic rings. The van der Waals surface area contributed by atoms with Gasteiger partial charge in [-0.15, -0.1) is 0 Å². The number of rotatable bonds is 5. The van der Waals surface area contributed by atoms with Crippen LogP contribution in [-0.2, 0) is 6.54 Å². The minimum Gasteiger partial charge on any atom is -0.372 e. The first-order valence-corrected chi connectivity index (χ1v) is 7.19. The first kappa shape index (κ1) is 15.8. The zero-order chi connectivity index (χ0) is 15.4. The molecule has 0 bridgehead atoms. The molecule has 0 aliphatic heterocycles. The Morgan fingerprint density at radius 3 is 2.81 bits per heavy atom. The largest absolute Gasteiger partial charge is 0.372 e. The maximum Gasteiger partial charge on any atom is 0.269 e. The van der Waals surface area contributed by atoms with Gasteiger partial charge in [-0.2, -0.15) is 5.10 Å². The number of likely N-dealkylation sites (N-methyl/N-ethyl adjacent to an activating group) is 1. The lowest BCUT2D eigenvalue weighted by Gasteiger charge is -2.17. The Morgan fingerprint density at radius 1 is 1.38 bits per heavy atom. The van der Waals surface area contributed by atoms with E-state index in [1.54, 1.807) is 18.3 Å². The zero-order valence-corrected chi connectivity index (χ0v) is 13.1. The molecule has 0 fully saturated rings. The van der Waals surface area contributed by atoms with E-state index in [0.29, 0.717) is 23.1 Å². The molecule has 2 rings (SSSR count). The number of halogens is 2. The van der Waals surface area contributed by atoms with E-state index in [0.717, 1.165) is 11.3 Å². The Balaban J connectivity index is 2.26. The standard InChI is InChI=1S/C14H16Cl2N4O/c1-19(6-5-17)11-7-13(21)20(18-8-11)9-10-3-2-4-12(15)14(10)16/h2-4,7-8H,5-6,9,17H2,1H3. The van der Waals surface area contributed by atoms with Crippen molar-refractivity contribution in [2.24, 2.45) is 5.73 Å². The number of benzene rings is 1. The predicted molar refractivity (Wildman–Crippen MR) is 86.4 cm³/mol. The minimum absolute atomic E-state index is 0.201. The number of anilines is 1. The van der Waals surface area contributed by atoms with E-state index in [9.17, 15) is 4.79 Å². The Labute approximate surface area is 132 Å². The Bertz CT molecular complexity index is 687. The molecule has 5 nitrogen and oxygen atoms in total. The second-order valence-corrected chi connectivity index (χ2v) is 5.42. The van der Waals surface area contributed by atoms with Gasteiger partial charge in [0.15, 0.2) is 0 Å². The van der Waals surface area contributed by atoms with Gasteiger partial charge in [0, 0.05) is 26.2 Å². The Hall–Kier alpha value is -1.56. The maximum absolute atomic E-state index is 12.1. The molecule has 1 aromatic carbocycles. The molecule has 0 aliphatic carbocycles. The summed E-state index contributed by atoms with van der Waals surface area (Å²) < 4.78 is 1.34. The highest BCUT2D eigenvalue weighted by Crippen LogP contribution is 2.25. The lowest BCUT2D eigenvalue weighted by Crippen LogP contribution is -2.29. The third-order valence-corrected chi connectivity index (χ3v) is 3.97. The van der Waals surface area contributed by atoms with Crippen molar-refractivity contribution in [3.05, 3.63) is 56.4 Å². The third kappa shape index (κ3) is 3.75. The number of nitrogens with two attached hydrogens (primary N) is 1. The number of hydrogen-bond acceptors (Lipinski definition) is 4. The monoisotopic (exact) mass is 326 g/mol. The van der Waals surface area contributed by atoms with Crippen LogP contribution < -0.4 is 16.2 Å². The van der Waals surface area contributed by atoms with Gasteiger partial charge in [-0.1, -0.05) is 35.3 Å². The van der Waals surface area contributed by atoms with Crippen LogP contribution in [0.3, 0.4) is 0 Å². The van der Waals surface area contributed by atoms with Crippen LogP contribution in [0.2, 0.25) is 10.0 Å². The second-order valence-electron chi connectivity index (χ2n) is 4.63. The van der Waals surface area contributed by atoms with Crippen molar-refractivity contribution >= 4 is 28.9 Å². The summed E-state index contributed by atoms with van der Waals surface area (Å²) in [5.74, 6) is 0. The van der Waals surface area contributed by atoms with Crippen LogP contribution in [0, 0.1) is 0 Å². The van der Waals surface area contributed by atoms with Crippen molar-refractivity contribution < 1.29 is 0 Å². The predicted octanol–water partition coefficient (Wildman–Crippen LogP) is 1.99. The van der Waals surface area contributed by atoms with Gasteiger partial charge in [-0.25, -0.2) is 4.68 Å². The topological polar surface area (TPSA) is 64.2 Å². The molecule has 112 valence electrons. The van der Waals surface area contributed by atoms with Crippen molar-refractivity contribution in [2.45, 2.75) is 6.54 Å². The average molecular weight is 327 g/mol. The van der Waals surface area contributed by atoms with Crippen molar-refractivity contribution in [1.82, 2.24) is 9.78 Å². The summed E-state index contributed by atoms with van der Waals surface area (Å²) in [4.78, 5) is 14.0. The van der Waals surface area contributed by atoms with E-state index >= 15 is 0 Å². The smallest absolute Gasteiger partial charge is 0.269 e. The summed E-state index contributed by atoms with van der Waals surface area (Å²) in [5.41, 5.74) is 6.78. The van der Waals surface area contributed by atoms with Crippen molar-refractivity contribution in [3.63, 3.8) is 0 Å². The summed E-state index contributed by atoms with van der Waals surface area (Å²) in [5, 5.41) is 5.07. The highest BCUT2D eigenvalue weighted by Gasteiger charge is 2.08. The molecular weight excluding hydrogens is 311 g/mol. The van der Waals surface area contributed by atoms with Crippen LogP contribution >= 0.6 is 23.2 Å². The lowest BCUT2D eigenvalue weighted by molar-refractivity contribution is 0.637. The SMILES string of the molecule is CN(CCN)c1cnn(Cc2cccc(Cl)c2Cl)c(=O)c1. The number of hydrogen-bond donors (Lipinski definition) is 1. The van der Waals surface area contributed by atoms with Crippen LogP contribution in [0.15, 0.2) is 35.3 Å². The molecule has 0 spiro atoms. The van der Waals surface area contributed by atoms with Crippen molar-refractivity contribution in [2.75, 3.05) is 25.0 Å². The first-order chi connectivity index (χ1) is 10.0. The van der Waals surface area contributed by atoms with Crippen LogP contribution in [0.25, 0.3) is 0 Å². The molecule has 0 saturated heterocycles. The molecule has 21 heavy (non-hydrogen) atoms. The van der Waals surface area contributed by atoms with Gasteiger partial charge >= 0.3 is 0 Å². The summed E-state index contributed by atoms with van der Waals surface area (Å²) >= 11 is 12.1. The molecule has 1 heterocycles. The summed E-state index contributed by atoms with van der Waals surface area (Å²) in [6.45, 7) is 1.45. The molecule has 7 heteroatoms. The normalized spacial score (nSPS) is 10.7. The highest BCUT2D eigenvalue weighted by molar-refractivity contribution is 6.42. The lowest BCUT2D eigenvalue weighted by atomic mass is 10.2.